The van der Waals surface area contributed by atoms with E-state index in [-0.39, 0.29) is 0 Å². The monoisotopic (exact) mass is 242 g/mol. The van der Waals surface area contributed by atoms with Crippen molar-refractivity contribution in [2.45, 2.75) is 6.67 Å². The Labute approximate surface area is 105 Å². The van der Waals surface area contributed by atoms with Crippen molar-refractivity contribution in [2.75, 3.05) is 0 Å². The average Bonchev–Trinajstić information content (AvgIpc) is 2.42. The van der Waals surface area contributed by atoms with Crippen molar-refractivity contribution in [3.05, 3.63) is 60.2 Å². The predicted molar refractivity (Wildman–Crippen MR) is 65.9 cm³/mol. The maximum absolute atomic E-state index is 8.41. The van der Waals surface area contributed by atoms with Gasteiger partial charge in [0.2, 0.25) is 0 Å². The molecule has 0 aliphatic rings. The van der Waals surface area contributed by atoms with Crippen molar-refractivity contribution in [1.82, 2.24) is 0 Å². The van der Waals surface area contributed by atoms with Gasteiger partial charge in [-0.3, -0.25) is 0 Å². The molecule has 0 radical (unpaired) electrons. The summed E-state index contributed by atoms with van der Waals surface area (Å²) in [6, 6.07) is 7.51. The van der Waals surface area contributed by atoms with Gasteiger partial charge in [-0.2, -0.15) is 0 Å². The molecule has 0 amide bonds. The third-order valence-corrected chi connectivity index (χ3v) is 2.53. The van der Waals surface area contributed by atoms with Gasteiger partial charge in [0.25, 0.3) is 0 Å². The van der Waals surface area contributed by atoms with Crippen molar-refractivity contribution in [2.24, 2.45) is 5.16 Å². The predicted octanol–water partition coefficient (Wildman–Crippen LogP) is 0.573. The summed E-state index contributed by atoms with van der Waals surface area (Å²) in [6.45, 7) is 0.689. The Hall–Kier alpha value is -2.56. The second-order valence-corrected chi connectivity index (χ2v) is 3.82. The molecule has 0 bridgehead atoms. The summed E-state index contributed by atoms with van der Waals surface area (Å²) in [6.07, 6.45) is 10.4. The SMILES string of the molecule is N=Cc1cc[n+](C[n+]2ccc(/C=N/O)cc2)cc1. The molecule has 5 heteroatoms. The van der Waals surface area contributed by atoms with Crippen LogP contribution in [0, 0.1) is 5.41 Å². The Morgan fingerprint density at radius 2 is 1.50 bits per heavy atom. The van der Waals surface area contributed by atoms with Crippen LogP contribution >= 0.6 is 0 Å². The Morgan fingerprint density at radius 3 is 1.94 bits per heavy atom. The summed E-state index contributed by atoms with van der Waals surface area (Å²) in [5, 5.41) is 18.5. The molecule has 0 aliphatic carbocycles. The molecule has 2 aromatic rings. The molecule has 2 aromatic heterocycles. The van der Waals surface area contributed by atoms with Crippen molar-refractivity contribution in [3.8, 4) is 0 Å². The van der Waals surface area contributed by atoms with Crippen LogP contribution in [0.3, 0.4) is 0 Å². The highest BCUT2D eigenvalue weighted by atomic mass is 16.4. The van der Waals surface area contributed by atoms with Gasteiger partial charge < -0.3 is 10.6 Å². The van der Waals surface area contributed by atoms with E-state index in [0.29, 0.717) is 6.67 Å². The van der Waals surface area contributed by atoms with Crippen LogP contribution in [0.5, 0.6) is 0 Å². The summed E-state index contributed by atoms with van der Waals surface area (Å²) >= 11 is 0. The van der Waals surface area contributed by atoms with Gasteiger partial charge in [0.05, 0.1) is 6.21 Å². The highest BCUT2D eigenvalue weighted by Crippen LogP contribution is 1.90. The number of pyridine rings is 2. The molecule has 0 fully saturated rings. The van der Waals surface area contributed by atoms with Crippen LogP contribution in [-0.4, -0.2) is 17.6 Å². The third-order valence-electron chi connectivity index (χ3n) is 2.53. The molecule has 18 heavy (non-hydrogen) atoms. The van der Waals surface area contributed by atoms with Crippen LogP contribution in [0.1, 0.15) is 11.1 Å². The Balaban J connectivity index is 2.10. The number of hydrogen-bond donors (Lipinski definition) is 2. The first-order valence-electron chi connectivity index (χ1n) is 5.48. The van der Waals surface area contributed by atoms with Crippen molar-refractivity contribution in [1.29, 1.82) is 5.41 Å². The van der Waals surface area contributed by atoms with Crippen molar-refractivity contribution < 1.29 is 14.3 Å². The molecule has 90 valence electrons. The number of nitrogens with zero attached hydrogens (tertiary/aromatic N) is 3. The average molecular weight is 242 g/mol. The van der Waals surface area contributed by atoms with E-state index < -0.39 is 0 Å². The van der Waals surface area contributed by atoms with E-state index in [9.17, 15) is 0 Å². The van der Waals surface area contributed by atoms with E-state index in [1.54, 1.807) is 0 Å². The van der Waals surface area contributed by atoms with E-state index in [2.05, 4.69) is 5.16 Å². The van der Waals surface area contributed by atoms with E-state index >= 15 is 0 Å². The normalized spacial score (nSPS) is 10.7. The zero-order valence-electron chi connectivity index (χ0n) is 9.77. The fourth-order valence-electron chi connectivity index (χ4n) is 1.56. The molecule has 0 saturated carbocycles. The Kier molecular flexibility index (Phi) is 3.76. The van der Waals surface area contributed by atoms with E-state index in [4.69, 9.17) is 10.6 Å². The minimum atomic E-state index is 0.689. The van der Waals surface area contributed by atoms with Crippen LogP contribution in [-0.2, 0) is 6.67 Å². The number of rotatable bonds is 4. The summed E-state index contributed by atoms with van der Waals surface area (Å²) in [7, 11) is 0. The van der Waals surface area contributed by atoms with Gasteiger partial charge in [0, 0.05) is 41.6 Å². The standard InChI is InChI=1S/C13H13N4O/c14-9-12-1-5-16(6-2-12)11-17-7-3-13(4-8-17)10-15-18/h1-10,14H,11H2/q+1/p+1. The Morgan fingerprint density at radius 1 is 1.00 bits per heavy atom. The smallest absolute Gasteiger partial charge is 0.343 e. The molecule has 0 aromatic carbocycles. The molecule has 0 unspecified atom stereocenters. The zero-order valence-corrected chi connectivity index (χ0v) is 9.77. The quantitative estimate of drug-likeness (QED) is 0.350. The maximum atomic E-state index is 8.41. The number of hydrogen-bond acceptors (Lipinski definition) is 3. The molecule has 2 N–H and O–H groups in total. The molecule has 2 rings (SSSR count). The van der Waals surface area contributed by atoms with Gasteiger partial charge in [-0.15, -0.1) is 9.13 Å². The van der Waals surface area contributed by atoms with Gasteiger partial charge in [0.15, 0.2) is 24.8 Å². The first-order chi connectivity index (χ1) is 8.81. The lowest BCUT2D eigenvalue weighted by Gasteiger charge is -1.95. The van der Waals surface area contributed by atoms with Crippen LogP contribution in [0.15, 0.2) is 54.2 Å². The minimum Gasteiger partial charge on any atom is -0.411 e. The van der Waals surface area contributed by atoms with Gasteiger partial charge >= 0.3 is 6.67 Å². The summed E-state index contributed by atoms with van der Waals surface area (Å²) in [4.78, 5) is 0. The van der Waals surface area contributed by atoms with Crippen LogP contribution in [0.25, 0.3) is 0 Å². The van der Waals surface area contributed by atoms with Crippen LogP contribution in [0.4, 0.5) is 0 Å². The Bertz CT molecular complexity index is 546. The summed E-state index contributed by atoms with van der Waals surface area (Å²) in [5.74, 6) is 0. The van der Waals surface area contributed by atoms with Gasteiger partial charge in [-0.1, -0.05) is 5.16 Å². The molecule has 0 spiro atoms. The van der Waals surface area contributed by atoms with E-state index in [1.807, 2.05) is 58.2 Å². The molecule has 0 atom stereocenters. The fraction of sp³-hybridized carbons (Fsp3) is 0.0769. The third kappa shape index (κ3) is 2.98. The molecule has 2 heterocycles. The lowest BCUT2D eigenvalue weighted by molar-refractivity contribution is -0.913. The van der Waals surface area contributed by atoms with Crippen molar-refractivity contribution >= 4 is 12.4 Å². The van der Waals surface area contributed by atoms with Crippen LogP contribution < -0.4 is 9.13 Å². The largest absolute Gasteiger partial charge is 0.411 e. The summed E-state index contributed by atoms with van der Waals surface area (Å²) < 4.78 is 4.01. The van der Waals surface area contributed by atoms with Gasteiger partial charge in [-0.25, -0.2) is 0 Å². The van der Waals surface area contributed by atoms with E-state index in [0.717, 1.165) is 11.1 Å². The minimum absolute atomic E-state index is 0.689. The second kappa shape index (κ2) is 5.67. The number of nitrogens with one attached hydrogen (secondary N) is 1. The molecular formula is C13H14N4O+2. The summed E-state index contributed by atoms with van der Waals surface area (Å²) in [5.41, 5.74) is 1.73. The lowest BCUT2D eigenvalue weighted by atomic mass is 10.3. The number of aromatic nitrogens is 2. The van der Waals surface area contributed by atoms with E-state index in [1.165, 1.54) is 12.4 Å². The highest BCUT2D eigenvalue weighted by molar-refractivity contribution is 5.78. The lowest BCUT2D eigenvalue weighted by Crippen LogP contribution is -2.50. The zero-order chi connectivity index (χ0) is 12.8. The van der Waals surface area contributed by atoms with Crippen LogP contribution in [0.2, 0.25) is 0 Å². The first-order valence-corrected chi connectivity index (χ1v) is 5.48. The second-order valence-electron chi connectivity index (χ2n) is 3.82. The number of oxime groups is 1. The van der Waals surface area contributed by atoms with Crippen molar-refractivity contribution in [3.63, 3.8) is 0 Å². The molecular weight excluding hydrogens is 228 g/mol. The van der Waals surface area contributed by atoms with Gasteiger partial charge in [-0.05, 0) is 0 Å². The molecule has 0 aliphatic heterocycles. The molecule has 0 saturated heterocycles. The topological polar surface area (TPSA) is 64.2 Å². The molecule has 5 nitrogen and oxygen atoms in total. The van der Waals surface area contributed by atoms with Gasteiger partial charge in [0.1, 0.15) is 0 Å². The fourth-order valence-corrected chi connectivity index (χ4v) is 1.56. The maximum Gasteiger partial charge on any atom is 0.343 e. The first kappa shape index (κ1) is 11.9. The highest BCUT2D eigenvalue weighted by Gasteiger charge is 2.06.